The molecule has 18 heavy (non-hydrogen) atoms. The Balaban J connectivity index is 2.24. The number of hydrogen-bond acceptors (Lipinski definition) is 3. The first-order valence-corrected chi connectivity index (χ1v) is 6.37. The second kappa shape index (κ2) is 5.06. The minimum atomic E-state index is -0.622. The zero-order chi connectivity index (χ0) is 13.3. The molecule has 1 amide bonds. The molecule has 4 nitrogen and oxygen atoms in total. The molecule has 1 unspecified atom stereocenters. The highest BCUT2D eigenvalue weighted by molar-refractivity contribution is 9.10. The summed E-state index contributed by atoms with van der Waals surface area (Å²) in [6.07, 6.45) is 0. The molecule has 1 aliphatic heterocycles. The van der Waals surface area contributed by atoms with Crippen molar-refractivity contribution in [2.45, 2.75) is 25.9 Å². The molecule has 0 fully saturated rings. The van der Waals surface area contributed by atoms with Crippen LogP contribution in [0.3, 0.4) is 0 Å². The standard InChI is InChI=1S/C12H13BrFN3O/c1-6(2)15-12-16-10(11(18)17-12)7-3-4-9(14)8(13)5-7/h3-6,10H,1-2H3,(H2,15,16,17,18). The number of carbonyl (C=O) groups is 1. The van der Waals surface area contributed by atoms with Gasteiger partial charge in [-0.2, -0.15) is 0 Å². The van der Waals surface area contributed by atoms with Crippen molar-refractivity contribution in [1.29, 1.82) is 0 Å². The topological polar surface area (TPSA) is 53.5 Å². The minimum Gasteiger partial charge on any atom is -0.354 e. The van der Waals surface area contributed by atoms with Crippen LogP contribution >= 0.6 is 15.9 Å². The molecule has 1 aromatic rings. The molecule has 1 atom stereocenters. The maximum atomic E-state index is 13.1. The van der Waals surface area contributed by atoms with Crippen LogP contribution in [-0.4, -0.2) is 17.9 Å². The van der Waals surface area contributed by atoms with Gasteiger partial charge in [0.25, 0.3) is 5.91 Å². The number of nitrogens with one attached hydrogen (secondary N) is 2. The third kappa shape index (κ3) is 2.69. The van der Waals surface area contributed by atoms with Crippen LogP contribution in [0.15, 0.2) is 27.7 Å². The monoisotopic (exact) mass is 313 g/mol. The highest BCUT2D eigenvalue weighted by atomic mass is 79.9. The molecule has 0 saturated carbocycles. The van der Waals surface area contributed by atoms with E-state index in [9.17, 15) is 9.18 Å². The van der Waals surface area contributed by atoms with Gasteiger partial charge in [0.1, 0.15) is 5.82 Å². The van der Waals surface area contributed by atoms with Gasteiger partial charge in [0, 0.05) is 6.04 Å². The predicted octanol–water partition coefficient (Wildman–Crippen LogP) is 2.11. The van der Waals surface area contributed by atoms with Gasteiger partial charge in [0.05, 0.1) is 4.47 Å². The predicted molar refractivity (Wildman–Crippen MR) is 70.7 cm³/mol. The summed E-state index contributed by atoms with van der Waals surface area (Å²) in [6, 6.07) is 4.01. The van der Waals surface area contributed by atoms with Crippen molar-refractivity contribution in [3.63, 3.8) is 0 Å². The number of aliphatic imine (C=N–C) groups is 1. The van der Waals surface area contributed by atoms with Gasteiger partial charge in [-0.25, -0.2) is 9.38 Å². The molecule has 0 saturated heterocycles. The average Bonchev–Trinajstić information content (AvgIpc) is 2.62. The number of hydrogen-bond donors (Lipinski definition) is 2. The highest BCUT2D eigenvalue weighted by Gasteiger charge is 2.28. The Labute approximate surface area is 113 Å². The number of rotatable bonds is 2. The zero-order valence-corrected chi connectivity index (χ0v) is 11.6. The summed E-state index contributed by atoms with van der Waals surface area (Å²) in [5.74, 6) is -0.112. The molecule has 1 heterocycles. The second-order valence-electron chi connectivity index (χ2n) is 4.34. The van der Waals surface area contributed by atoms with Crippen LogP contribution in [0.5, 0.6) is 0 Å². The van der Waals surface area contributed by atoms with Crippen LogP contribution in [0.25, 0.3) is 0 Å². The van der Waals surface area contributed by atoms with E-state index >= 15 is 0 Å². The first-order chi connectivity index (χ1) is 8.47. The van der Waals surface area contributed by atoms with E-state index in [2.05, 4.69) is 31.6 Å². The van der Waals surface area contributed by atoms with Crippen LogP contribution in [0.2, 0.25) is 0 Å². The fourth-order valence-corrected chi connectivity index (χ4v) is 2.06. The summed E-state index contributed by atoms with van der Waals surface area (Å²) in [6.45, 7) is 3.91. The van der Waals surface area contributed by atoms with Crippen LogP contribution in [-0.2, 0) is 4.79 Å². The molecule has 2 rings (SSSR count). The van der Waals surface area contributed by atoms with Crippen LogP contribution in [0.4, 0.5) is 4.39 Å². The van der Waals surface area contributed by atoms with Crippen LogP contribution in [0, 0.1) is 5.82 Å². The van der Waals surface area contributed by atoms with Gasteiger partial charge in [-0.3, -0.25) is 10.1 Å². The number of benzene rings is 1. The van der Waals surface area contributed by atoms with E-state index in [1.807, 2.05) is 13.8 Å². The summed E-state index contributed by atoms with van der Waals surface area (Å²) in [7, 11) is 0. The highest BCUT2D eigenvalue weighted by Crippen LogP contribution is 2.25. The third-order valence-corrected chi connectivity index (χ3v) is 3.04. The van der Waals surface area contributed by atoms with E-state index in [1.54, 1.807) is 12.1 Å². The first kappa shape index (κ1) is 13.0. The lowest BCUT2D eigenvalue weighted by Crippen LogP contribution is -2.40. The first-order valence-electron chi connectivity index (χ1n) is 5.57. The number of nitrogens with zero attached hydrogens (tertiary/aromatic N) is 1. The van der Waals surface area contributed by atoms with Crippen molar-refractivity contribution >= 4 is 27.8 Å². The van der Waals surface area contributed by atoms with E-state index in [1.165, 1.54) is 6.07 Å². The van der Waals surface area contributed by atoms with Crippen LogP contribution in [0.1, 0.15) is 25.5 Å². The van der Waals surface area contributed by atoms with Gasteiger partial charge in [0.15, 0.2) is 12.0 Å². The van der Waals surface area contributed by atoms with Gasteiger partial charge in [-0.15, -0.1) is 0 Å². The smallest absolute Gasteiger partial charge is 0.256 e. The van der Waals surface area contributed by atoms with Crippen molar-refractivity contribution in [3.8, 4) is 0 Å². The quantitative estimate of drug-likeness (QED) is 0.878. The van der Waals surface area contributed by atoms with Gasteiger partial charge in [0.2, 0.25) is 0 Å². The Bertz CT molecular complexity index is 516. The molecule has 0 bridgehead atoms. The van der Waals surface area contributed by atoms with Crippen molar-refractivity contribution in [3.05, 3.63) is 34.1 Å². The van der Waals surface area contributed by atoms with E-state index in [4.69, 9.17) is 0 Å². The molecule has 1 aromatic carbocycles. The summed E-state index contributed by atoms with van der Waals surface area (Å²) in [4.78, 5) is 16.0. The normalized spacial score (nSPS) is 18.8. The largest absolute Gasteiger partial charge is 0.354 e. The maximum Gasteiger partial charge on any atom is 0.256 e. The molecule has 0 aliphatic carbocycles. The fraction of sp³-hybridized carbons (Fsp3) is 0.333. The number of amides is 1. The zero-order valence-electron chi connectivity index (χ0n) is 10.00. The van der Waals surface area contributed by atoms with E-state index < -0.39 is 6.04 Å². The van der Waals surface area contributed by atoms with Gasteiger partial charge >= 0.3 is 0 Å². The summed E-state index contributed by atoms with van der Waals surface area (Å²) >= 11 is 3.10. The Morgan fingerprint density at radius 3 is 2.83 bits per heavy atom. The second-order valence-corrected chi connectivity index (χ2v) is 5.20. The van der Waals surface area contributed by atoms with Crippen LogP contribution < -0.4 is 10.6 Å². The van der Waals surface area contributed by atoms with Gasteiger partial charge < -0.3 is 5.32 Å². The Morgan fingerprint density at radius 1 is 1.50 bits per heavy atom. The summed E-state index contributed by atoms with van der Waals surface area (Å²) in [5.41, 5.74) is 0.654. The van der Waals surface area contributed by atoms with E-state index in [-0.39, 0.29) is 17.8 Å². The van der Waals surface area contributed by atoms with Crippen molar-refractivity contribution in [2.24, 2.45) is 4.99 Å². The third-order valence-electron chi connectivity index (χ3n) is 2.43. The molecule has 0 radical (unpaired) electrons. The molecular formula is C12H13BrFN3O. The molecule has 2 N–H and O–H groups in total. The van der Waals surface area contributed by atoms with Gasteiger partial charge in [-0.1, -0.05) is 6.07 Å². The maximum absolute atomic E-state index is 13.1. The molecule has 96 valence electrons. The average molecular weight is 314 g/mol. The van der Waals surface area contributed by atoms with E-state index in [0.717, 1.165) is 0 Å². The molecular weight excluding hydrogens is 301 g/mol. The van der Waals surface area contributed by atoms with Crippen molar-refractivity contribution in [1.82, 2.24) is 10.6 Å². The van der Waals surface area contributed by atoms with E-state index in [0.29, 0.717) is 16.0 Å². The van der Waals surface area contributed by atoms with Crippen molar-refractivity contribution < 1.29 is 9.18 Å². The summed E-state index contributed by atoms with van der Waals surface area (Å²) in [5, 5.41) is 5.69. The molecule has 1 aliphatic rings. The SMILES string of the molecule is CC(C)NC1=NC(c2ccc(F)c(Br)c2)C(=O)N1. The Hall–Kier alpha value is -1.43. The lowest BCUT2D eigenvalue weighted by molar-refractivity contribution is -0.120. The van der Waals surface area contributed by atoms with Gasteiger partial charge in [-0.05, 0) is 47.5 Å². The number of halogens is 2. The molecule has 0 spiro atoms. The number of guanidine groups is 1. The fourth-order valence-electron chi connectivity index (χ4n) is 1.66. The van der Waals surface area contributed by atoms with Crippen molar-refractivity contribution in [2.75, 3.05) is 0 Å². The Morgan fingerprint density at radius 2 is 2.22 bits per heavy atom. The minimum absolute atomic E-state index is 0.183. The Kier molecular flexibility index (Phi) is 3.65. The summed E-state index contributed by atoms with van der Waals surface area (Å²) < 4.78 is 13.5. The molecule has 0 aromatic heterocycles. The lowest BCUT2D eigenvalue weighted by atomic mass is 10.1. The lowest BCUT2D eigenvalue weighted by Gasteiger charge is -2.07. The number of carbonyl (C=O) groups excluding carboxylic acids is 1. The molecule has 6 heteroatoms.